The van der Waals surface area contributed by atoms with Crippen molar-refractivity contribution < 1.29 is 9.59 Å². The van der Waals surface area contributed by atoms with Gasteiger partial charge in [-0.1, -0.05) is 43.6 Å². The first kappa shape index (κ1) is 28.4. The van der Waals surface area contributed by atoms with E-state index in [1.807, 2.05) is 43.6 Å². The highest BCUT2D eigenvalue weighted by Gasteiger charge is 2.37. The predicted octanol–water partition coefficient (Wildman–Crippen LogP) is 3.88. The van der Waals surface area contributed by atoms with Crippen LogP contribution in [0.4, 0.5) is 0 Å². The molecule has 0 saturated carbocycles. The number of halogens is 1. The highest BCUT2D eigenvalue weighted by Crippen LogP contribution is 2.29. The molecule has 0 spiro atoms. The molecule has 9 nitrogen and oxygen atoms in total. The van der Waals surface area contributed by atoms with Gasteiger partial charge in [-0.2, -0.15) is 0 Å². The molecule has 10 heteroatoms. The third-order valence-corrected chi connectivity index (χ3v) is 7.36. The second kappa shape index (κ2) is 11.8. The van der Waals surface area contributed by atoms with E-state index in [0.717, 1.165) is 16.7 Å². The first-order valence-corrected chi connectivity index (χ1v) is 13.9. The number of benzene rings is 1. The van der Waals surface area contributed by atoms with Crippen LogP contribution < -0.4 is 10.9 Å². The van der Waals surface area contributed by atoms with Crippen LogP contribution in [0.1, 0.15) is 40.9 Å². The summed E-state index contributed by atoms with van der Waals surface area (Å²) in [7, 11) is 2.00. The fourth-order valence-corrected chi connectivity index (χ4v) is 5.28. The van der Waals surface area contributed by atoms with E-state index in [2.05, 4.69) is 34.0 Å². The summed E-state index contributed by atoms with van der Waals surface area (Å²) in [5, 5.41) is 4.04. The molecule has 4 heterocycles. The number of hydrogen-bond donors (Lipinski definition) is 1. The molecule has 1 saturated heterocycles. The molecule has 212 valence electrons. The van der Waals surface area contributed by atoms with Crippen LogP contribution in [0.2, 0.25) is 5.02 Å². The van der Waals surface area contributed by atoms with Crippen molar-refractivity contribution in [3.8, 4) is 0 Å². The Morgan fingerprint density at radius 2 is 1.76 bits per heavy atom. The number of hydrogen-bond acceptors (Lipinski definition) is 6. The Bertz CT molecular complexity index is 1630. The summed E-state index contributed by atoms with van der Waals surface area (Å²) in [6, 6.07) is 14.5. The molecule has 1 aliphatic heterocycles. The first-order chi connectivity index (χ1) is 19.6. The summed E-state index contributed by atoms with van der Waals surface area (Å²) in [6.45, 7) is 6.78. The number of nitrogens with zero attached hydrogens (tertiary/aromatic N) is 5. The molecule has 1 N–H and O–H groups in total. The van der Waals surface area contributed by atoms with Crippen molar-refractivity contribution in [3.05, 3.63) is 105 Å². The summed E-state index contributed by atoms with van der Waals surface area (Å²) in [4.78, 5) is 52.6. The minimum atomic E-state index is -0.548. The second-order valence-corrected chi connectivity index (χ2v) is 11.9. The Kier molecular flexibility index (Phi) is 8.19. The predicted molar refractivity (Wildman–Crippen MR) is 158 cm³/mol. The molecule has 4 aromatic rings. The van der Waals surface area contributed by atoms with Crippen LogP contribution >= 0.6 is 11.6 Å². The van der Waals surface area contributed by atoms with Gasteiger partial charge in [0.25, 0.3) is 11.5 Å². The number of carbonyl (C=O) groups excluding carboxylic acids is 2. The van der Waals surface area contributed by atoms with E-state index in [1.165, 1.54) is 4.57 Å². The Morgan fingerprint density at radius 3 is 2.44 bits per heavy atom. The van der Waals surface area contributed by atoms with E-state index in [4.69, 9.17) is 11.6 Å². The van der Waals surface area contributed by atoms with Crippen LogP contribution in [-0.4, -0.2) is 56.3 Å². The molecule has 1 aromatic carbocycles. The number of fused-ring (bicyclic) bond motifs is 1. The summed E-state index contributed by atoms with van der Waals surface area (Å²) < 4.78 is 1.32. The third-order valence-electron chi connectivity index (χ3n) is 7.11. The lowest BCUT2D eigenvalue weighted by atomic mass is 9.84. The van der Waals surface area contributed by atoms with Gasteiger partial charge < -0.3 is 10.2 Å². The van der Waals surface area contributed by atoms with Gasteiger partial charge >= 0.3 is 0 Å². The number of nitrogens with one attached hydrogen (secondary N) is 1. The van der Waals surface area contributed by atoms with Crippen molar-refractivity contribution in [2.24, 2.45) is 5.41 Å². The third kappa shape index (κ3) is 6.81. The van der Waals surface area contributed by atoms with Crippen LogP contribution in [0.3, 0.4) is 0 Å². The van der Waals surface area contributed by atoms with Crippen LogP contribution in [0.15, 0.2) is 71.9 Å². The molecule has 1 aliphatic rings. The molecule has 0 atom stereocenters. The van der Waals surface area contributed by atoms with Gasteiger partial charge in [-0.3, -0.25) is 28.8 Å². The molecule has 1 fully saturated rings. The maximum absolute atomic E-state index is 13.6. The smallest absolute Gasteiger partial charge is 0.265 e. The standard InChI is InChI=1S/C31H33ClN6O3/c1-31(2)19-37(20-31)27(39)18-38-28-24(11-23(15-34-28)17-36(3)16-22-5-4-10-33-13-22)12-26(30(38)41)29(40)35-14-21-6-8-25(32)9-7-21/h4-13,15H,14,16-20H2,1-3H3,(H,35,40). The van der Waals surface area contributed by atoms with E-state index in [1.54, 1.807) is 35.5 Å². The van der Waals surface area contributed by atoms with E-state index in [0.29, 0.717) is 42.2 Å². The van der Waals surface area contributed by atoms with E-state index in [9.17, 15) is 14.4 Å². The summed E-state index contributed by atoms with van der Waals surface area (Å²) in [5.74, 6) is -0.689. The fourth-order valence-electron chi connectivity index (χ4n) is 5.16. The lowest BCUT2D eigenvalue weighted by molar-refractivity contribution is -0.142. The summed E-state index contributed by atoms with van der Waals surface area (Å²) in [5.41, 5.74) is 2.69. The van der Waals surface area contributed by atoms with Gasteiger partial charge in [0, 0.05) is 61.7 Å². The number of aromatic nitrogens is 3. The lowest BCUT2D eigenvalue weighted by Crippen LogP contribution is -2.56. The largest absolute Gasteiger partial charge is 0.348 e. The van der Waals surface area contributed by atoms with Crippen LogP contribution in [0.5, 0.6) is 0 Å². The van der Waals surface area contributed by atoms with Gasteiger partial charge in [-0.25, -0.2) is 4.98 Å². The Hall–Kier alpha value is -4.08. The van der Waals surface area contributed by atoms with Crippen LogP contribution in [-0.2, 0) is 31.0 Å². The molecular weight excluding hydrogens is 540 g/mol. The van der Waals surface area contributed by atoms with Crippen molar-refractivity contribution in [2.45, 2.75) is 40.0 Å². The number of pyridine rings is 3. The average Bonchev–Trinajstić information content (AvgIpc) is 2.93. The molecule has 0 aliphatic carbocycles. The van der Waals surface area contributed by atoms with Crippen molar-refractivity contribution in [3.63, 3.8) is 0 Å². The van der Waals surface area contributed by atoms with Gasteiger partial charge in [-0.05, 0) is 59.5 Å². The fraction of sp³-hybridized carbons (Fsp3) is 0.323. The van der Waals surface area contributed by atoms with Crippen LogP contribution in [0.25, 0.3) is 11.0 Å². The van der Waals surface area contributed by atoms with Crippen LogP contribution in [0, 0.1) is 5.41 Å². The zero-order chi connectivity index (χ0) is 29.1. The molecule has 0 bridgehead atoms. The number of amides is 2. The minimum Gasteiger partial charge on any atom is -0.348 e. The molecular formula is C31H33ClN6O3. The highest BCUT2D eigenvalue weighted by molar-refractivity contribution is 6.30. The molecule has 0 radical (unpaired) electrons. The zero-order valence-electron chi connectivity index (χ0n) is 23.4. The first-order valence-electron chi connectivity index (χ1n) is 13.5. The quantitative estimate of drug-likeness (QED) is 0.327. The number of likely N-dealkylation sites (tertiary alicyclic amines) is 1. The van der Waals surface area contributed by atoms with Crippen molar-refractivity contribution >= 4 is 34.4 Å². The SMILES string of the molecule is CN(Cc1cccnc1)Cc1cnc2c(c1)cc(C(=O)NCc1ccc(Cl)cc1)c(=O)n2CC(=O)N1CC(C)(C)C1. The zero-order valence-corrected chi connectivity index (χ0v) is 24.2. The van der Waals surface area contributed by atoms with E-state index in [-0.39, 0.29) is 30.0 Å². The number of rotatable bonds is 9. The second-order valence-electron chi connectivity index (χ2n) is 11.5. The monoisotopic (exact) mass is 572 g/mol. The van der Waals surface area contributed by atoms with Gasteiger partial charge in [0.15, 0.2) is 0 Å². The van der Waals surface area contributed by atoms with E-state index < -0.39 is 11.5 Å². The Balaban J connectivity index is 1.43. The van der Waals surface area contributed by atoms with Crippen molar-refractivity contribution in [1.29, 1.82) is 0 Å². The van der Waals surface area contributed by atoms with Crippen molar-refractivity contribution in [2.75, 3.05) is 20.1 Å². The molecule has 5 rings (SSSR count). The Labute approximate surface area is 243 Å². The molecule has 41 heavy (non-hydrogen) atoms. The molecule has 3 aromatic heterocycles. The highest BCUT2D eigenvalue weighted by atomic mass is 35.5. The summed E-state index contributed by atoms with van der Waals surface area (Å²) >= 11 is 5.97. The molecule has 2 amide bonds. The van der Waals surface area contributed by atoms with Gasteiger partial charge in [0.1, 0.15) is 17.8 Å². The molecule has 0 unspecified atom stereocenters. The average molecular weight is 573 g/mol. The maximum Gasteiger partial charge on any atom is 0.265 e. The topological polar surface area (TPSA) is 100 Å². The lowest BCUT2D eigenvalue weighted by Gasteiger charge is -2.45. The number of carbonyl (C=O) groups is 2. The van der Waals surface area contributed by atoms with E-state index >= 15 is 0 Å². The summed E-state index contributed by atoms with van der Waals surface area (Å²) in [6.07, 6.45) is 5.29. The van der Waals surface area contributed by atoms with Gasteiger partial charge in [0.05, 0.1) is 0 Å². The maximum atomic E-state index is 13.6. The van der Waals surface area contributed by atoms with Gasteiger partial charge in [0.2, 0.25) is 5.91 Å². The normalized spacial score (nSPS) is 14.2. The van der Waals surface area contributed by atoms with Crippen molar-refractivity contribution in [1.82, 2.24) is 29.7 Å². The minimum absolute atomic E-state index is 0.0362. The Morgan fingerprint density at radius 1 is 1.02 bits per heavy atom. The van der Waals surface area contributed by atoms with Gasteiger partial charge in [-0.15, -0.1) is 0 Å².